The van der Waals surface area contributed by atoms with Crippen LogP contribution in [0.5, 0.6) is 0 Å². The van der Waals surface area contributed by atoms with Crippen molar-refractivity contribution >= 4 is 25.6 Å². The smallest absolute Gasteiger partial charge is 0.264 e. The molecule has 0 aliphatic heterocycles. The summed E-state index contributed by atoms with van der Waals surface area (Å²) in [5, 5.41) is 0. The number of benzene rings is 1. The van der Waals surface area contributed by atoms with Crippen LogP contribution in [0.4, 0.5) is 8.78 Å². The SMILES string of the molecule is CCN(CC1CC1)C(=O)c1cc(F)cc(S(=O)(=O)Cl)c1F. The maximum atomic E-state index is 14.2. The number of hydrogen-bond donors (Lipinski definition) is 0. The Morgan fingerprint density at radius 1 is 1.38 bits per heavy atom. The Morgan fingerprint density at radius 3 is 2.48 bits per heavy atom. The molecule has 0 heterocycles. The lowest BCUT2D eigenvalue weighted by Gasteiger charge is -2.21. The molecule has 1 aliphatic rings. The molecule has 2 rings (SSSR count). The van der Waals surface area contributed by atoms with Crippen molar-refractivity contribution in [1.29, 1.82) is 0 Å². The molecule has 1 aromatic rings. The van der Waals surface area contributed by atoms with Gasteiger partial charge in [0.2, 0.25) is 0 Å². The zero-order valence-electron chi connectivity index (χ0n) is 11.3. The Morgan fingerprint density at radius 2 is 2.00 bits per heavy atom. The number of hydrogen-bond acceptors (Lipinski definition) is 3. The molecule has 0 radical (unpaired) electrons. The molecule has 0 bridgehead atoms. The third-order valence-corrected chi connectivity index (χ3v) is 4.66. The monoisotopic (exact) mass is 337 g/mol. The van der Waals surface area contributed by atoms with Crippen LogP contribution < -0.4 is 0 Å². The van der Waals surface area contributed by atoms with Gasteiger partial charge >= 0.3 is 0 Å². The molecular weight excluding hydrogens is 324 g/mol. The maximum Gasteiger partial charge on any atom is 0.264 e. The number of carbonyl (C=O) groups is 1. The van der Waals surface area contributed by atoms with E-state index in [0.717, 1.165) is 12.8 Å². The van der Waals surface area contributed by atoms with Crippen molar-refractivity contribution in [2.45, 2.75) is 24.7 Å². The van der Waals surface area contributed by atoms with Crippen LogP contribution in [-0.2, 0) is 9.05 Å². The van der Waals surface area contributed by atoms with Crippen LogP contribution in [0.1, 0.15) is 30.1 Å². The molecule has 1 saturated carbocycles. The van der Waals surface area contributed by atoms with Crippen molar-refractivity contribution in [3.63, 3.8) is 0 Å². The van der Waals surface area contributed by atoms with Gasteiger partial charge in [0.1, 0.15) is 10.7 Å². The van der Waals surface area contributed by atoms with Gasteiger partial charge in [-0.05, 0) is 37.8 Å². The molecule has 1 aliphatic carbocycles. The predicted octanol–water partition coefficient (Wildman–Crippen LogP) is 2.76. The van der Waals surface area contributed by atoms with Crippen LogP contribution in [0.3, 0.4) is 0 Å². The predicted molar refractivity (Wildman–Crippen MR) is 73.7 cm³/mol. The lowest BCUT2D eigenvalue weighted by atomic mass is 10.1. The first kappa shape index (κ1) is 16.2. The second kappa shape index (κ2) is 5.88. The molecule has 0 unspecified atom stereocenters. The highest BCUT2D eigenvalue weighted by Crippen LogP contribution is 2.31. The van der Waals surface area contributed by atoms with Gasteiger partial charge in [-0.1, -0.05) is 0 Å². The third-order valence-electron chi connectivity index (χ3n) is 3.34. The van der Waals surface area contributed by atoms with Gasteiger partial charge in [0.15, 0.2) is 5.82 Å². The minimum Gasteiger partial charge on any atom is -0.339 e. The van der Waals surface area contributed by atoms with Crippen molar-refractivity contribution in [3.8, 4) is 0 Å². The fraction of sp³-hybridized carbons (Fsp3) is 0.462. The average Bonchev–Trinajstić information content (AvgIpc) is 3.20. The van der Waals surface area contributed by atoms with Gasteiger partial charge in [0, 0.05) is 23.8 Å². The summed E-state index contributed by atoms with van der Waals surface area (Å²) in [6, 6.07) is 1.16. The Hall–Kier alpha value is -1.21. The largest absolute Gasteiger partial charge is 0.339 e. The van der Waals surface area contributed by atoms with E-state index in [1.54, 1.807) is 6.92 Å². The lowest BCUT2D eigenvalue weighted by molar-refractivity contribution is 0.0751. The van der Waals surface area contributed by atoms with Crippen LogP contribution in [0, 0.1) is 17.6 Å². The number of carbonyl (C=O) groups excluding carboxylic acids is 1. The van der Waals surface area contributed by atoms with Crippen molar-refractivity contribution in [1.82, 2.24) is 4.90 Å². The normalized spacial score (nSPS) is 15.0. The van der Waals surface area contributed by atoms with Crippen molar-refractivity contribution in [2.75, 3.05) is 13.1 Å². The van der Waals surface area contributed by atoms with Gasteiger partial charge < -0.3 is 4.90 Å². The molecule has 8 heteroatoms. The van der Waals surface area contributed by atoms with Gasteiger partial charge in [-0.3, -0.25) is 4.79 Å². The molecule has 0 N–H and O–H groups in total. The molecule has 1 aromatic carbocycles. The molecule has 116 valence electrons. The van der Waals surface area contributed by atoms with E-state index in [4.69, 9.17) is 10.7 Å². The number of nitrogens with zero attached hydrogens (tertiary/aromatic N) is 1. The number of rotatable bonds is 5. The molecule has 0 aromatic heterocycles. The van der Waals surface area contributed by atoms with Crippen molar-refractivity contribution in [2.24, 2.45) is 5.92 Å². The number of halogens is 3. The van der Waals surface area contributed by atoms with Gasteiger partial charge in [0.05, 0.1) is 5.56 Å². The maximum absolute atomic E-state index is 14.2. The zero-order valence-corrected chi connectivity index (χ0v) is 12.8. The summed E-state index contributed by atoms with van der Waals surface area (Å²) in [5.41, 5.74) is -0.614. The Kier molecular flexibility index (Phi) is 4.53. The summed E-state index contributed by atoms with van der Waals surface area (Å²) in [6.45, 7) is 2.50. The van der Waals surface area contributed by atoms with Gasteiger partial charge in [-0.25, -0.2) is 17.2 Å². The van der Waals surface area contributed by atoms with E-state index in [2.05, 4.69) is 0 Å². The van der Waals surface area contributed by atoms with Gasteiger partial charge in [-0.15, -0.1) is 0 Å². The third kappa shape index (κ3) is 3.71. The summed E-state index contributed by atoms with van der Waals surface area (Å²) >= 11 is 0. The molecule has 1 amide bonds. The molecule has 0 atom stereocenters. The van der Waals surface area contributed by atoms with E-state index in [0.29, 0.717) is 31.1 Å². The Balaban J connectivity index is 2.42. The first-order chi connectivity index (χ1) is 9.74. The van der Waals surface area contributed by atoms with Crippen LogP contribution >= 0.6 is 10.7 Å². The number of amides is 1. The highest BCUT2D eigenvalue weighted by molar-refractivity contribution is 8.13. The summed E-state index contributed by atoms with van der Waals surface area (Å²) in [6.07, 6.45) is 1.99. The molecule has 21 heavy (non-hydrogen) atoms. The highest BCUT2D eigenvalue weighted by atomic mass is 35.7. The van der Waals surface area contributed by atoms with Crippen molar-refractivity contribution in [3.05, 3.63) is 29.3 Å². The zero-order chi connectivity index (χ0) is 15.8. The quantitative estimate of drug-likeness (QED) is 0.776. The van der Waals surface area contributed by atoms with E-state index >= 15 is 0 Å². The van der Waals surface area contributed by atoms with E-state index in [1.165, 1.54) is 4.90 Å². The topological polar surface area (TPSA) is 54.5 Å². The fourth-order valence-corrected chi connectivity index (χ4v) is 2.95. The van der Waals surface area contributed by atoms with E-state index < -0.39 is 37.1 Å². The van der Waals surface area contributed by atoms with E-state index in [-0.39, 0.29) is 0 Å². The Labute approximate surface area is 126 Å². The first-order valence-electron chi connectivity index (χ1n) is 6.47. The standard InChI is InChI=1S/C13H14ClF2NO3S/c1-2-17(7-8-3-4-8)13(18)10-5-9(15)6-11(12(10)16)21(14,19)20/h5-6,8H,2-4,7H2,1H3. The van der Waals surface area contributed by atoms with E-state index in [9.17, 15) is 22.0 Å². The summed E-state index contributed by atoms with van der Waals surface area (Å²) in [4.78, 5) is 12.6. The average molecular weight is 338 g/mol. The van der Waals surface area contributed by atoms with Crippen molar-refractivity contribution < 1.29 is 22.0 Å². The summed E-state index contributed by atoms with van der Waals surface area (Å²) in [5.74, 6) is -2.70. The molecule has 4 nitrogen and oxygen atoms in total. The van der Waals surface area contributed by atoms with Gasteiger partial charge in [-0.2, -0.15) is 0 Å². The van der Waals surface area contributed by atoms with Crippen LogP contribution in [0.25, 0.3) is 0 Å². The molecule has 0 spiro atoms. The molecular formula is C13H14ClF2NO3S. The van der Waals surface area contributed by atoms with Gasteiger partial charge in [0.25, 0.3) is 15.0 Å². The second-order valence-corrected chi connectivity index (χ2v) is 7.52. The first-order valence-corrected chi connectivity index (χ1v) is 8.78. The van der Waals surface area contributed by atoms with Crippen LogP contribution in [-0.4, -0.2) is 32.3 Å². The van der Waals surface area contributed by atoms with E-state index in [1.807, 2.05) is 0 Å². The lowest BCUT2D eigenvalue weighted by Crippen LogP contribution is -2.33. The minimum atomic E-state index is -4.47. The summed E-state index contributed by atoms with van der Waals surface area (Å²) in [7, 11) is 0.592. The molecule has 1 fully saturated rings. The molecule has 0 saturated heterocycles. The summed E-state index contributed by atoms with van der Waals surface area (Å²) < 4.78 is 50.1. The van der Waals surface area contributed by atoms with Crippen LogP contribution in [0.2, 0.25) is 0 Å². The highest BCUT2D eigenvalue weighted by Gasteiger charge is 2.30. The van der Waals surface area contributed by atoms with Crippen LogP contribution in [0.15, 0.2) is 17.0 Å². The second-order valence-electron chi connectivity index (χ2n) is 4.99. The Bertz CT molecular complexity index is 674. The minimum absolute atomic E-state index is 0.328. The fourth-order valence-electron chi connectivity index (χ4n) is 2.04.